The number of aryl methyl sites for hydroxylation is 1. The van der Waals surface area contributed by atoms with Crippen molar-refractivity contribution in [3.8, 4) is 17.0 Å². The van der Waals surface area contributed by atoms with Crippen LogP contribution in [0, 0.1) is 6.92 Å². The molecule has 1 aromatic heterocycles. The summed E-state index contributed by atoms with van der Waals surface area (Å²) < 4.78 is 5.29. The lowest BCUT2D eigenvalue weighted by Crippen LogP contribution is -2.00. The minimum absolute atomic E-state index is 0.396. The molecule has 3 aromatic rings. The van der Waals surface area contributed by atoms with Gasteiger partial charge in [0.25, 0.3) is 0 Å². The lowest BCUT2D eigenvalue weighted by molar-refractivity contribution is 0.414. The topological polar surface area (TPSA) is 59.4 Å². The average molecular weight is 387 g/mol. The van der Waals surface area contributed by atoms with Crippen LogP contribution in [0.5, 0.6) is 5.75 Å². The molecule has 5 nitrogen and oxygen atoms in total. The Kier molecular flexibility index (Phi) is 5.71. The molecule has 0 fully saturated rings. The van der Waals surface area contributed by atoms with Gasteiger partial charge in [0, 0.05) is 21.8 Å². The second-order valence-electron chi connectivity index (χ2n) is 5.46. The van der Waals surface area contributed by atoms with E-state index in [1.165, 1.54) is 7.11 Å². The standard InChI is InChI=1S/C19H16Cl2N4O/c1-12-8-17(13-6-4-3-5-7-13)24-19(23-12)25-22-11-14-9-15(20)10-16(21)18(14)26-2/h3-11H,1-2H3,(H,23,24,25). The van der Waals surface area contributed by atoms with Gasteiger partial charge in [0.15, 0.2) is 0 Å². The molecule has 0 aliphatic carbocycles. The molecule has 3 rings (SSSR count). The maximum absolute atomic E-state index is 6.12. The van der Waals surface area contributed by atoms with E-state index in [2.05, 4.69) is 20.5 Å². The Labute approximate surface area is 161 Å². The molecule has 26 heavy (non-hydrogen) atoms. The van der Waals surface area contributed by atoms with Crippen molar-refractivity contribution < 1.29 is 4.74 Å². The predicted octanol–water partition coefficient (Wildman–Crippen LogP) is 5.21. The van der Waals surface area contributed by atoms with Crippen LogP contribution < -0.4 is 10.2 Å². The van der Waals surface area contributed by atoms with E-state index in [4.69, 9.17) is 27.9 Å². The summed E-state index contributed by atoms with van der Waals surface area (Å²) in [6, 6.07) is 15.1. The summed E-state index contributed by atoms with van der Waals surface area (Å²) in [4.78, 5) is 8.84. The molecule has 0 unspecified atom stereocenters. The average Bonchev–Trinajstić information content (AvgIpc) is 2.62. The zero-order valence-corrected chi connectivity index (χ0v) is 15.7. The van der Waals surface area contributed by atoms with Gasteiger partial charge in [-0.05, 0) is 25.1 Å². The second-order valence-corrected chi connectivity index (χ2v) is 6.31. The first kappa shape index (κ1) is 18.2. The molecule has 7 heteroatoms. The summed E-state index contributed by atoms with van der Waals surface area (Å²) in [5, 5.41) is 5.09. The maximum Gasteiger partial charge on any atom is 0.244 e. The molecule has 0 aliphatic rings. The summed E-state index contributed by atoms with van der Waals surface area (Å²) in [6.45, 7) is 1.91. The molecule has 0 radical (unpaired) electrons. The van der Waals surface area contributed by atoms with Gasteiger partial charge in [0.2, 0.25) is 5.95 Å². The summed E-state index contributed by atoms with van der Waals surface area (Å²) >= 11 is 12.2. The highest BCUT2D eigenvalue weighted by atomic mass is 35.5. The van der Waals surface area contributed by atoms with Crippen LogP contribution in [-0.4, -0.2) is 23.3 Å². The molecule has 1 N–H and O–H groups in total. The molecule has 0 saturated heterocycles. The Morgan fingerprint density at radius 2 is 1.85 bits per heavy atom. The van der Waals surface area contributed by atoms with E-state index in [0.717, 1.165) is 17.0 Å². The van der Waals surface area contributed by atoms with Crippen LogP contribution >= 0.6 is 23.2 Å². The number of halogens is 2. The van der Waals surface area contributed by atoms with E-state index >= 15 is 0 Å². The number of aromatic nitrogens is 2. The van der Waals surface area contributed by atoms with Gasteiger partial charge in [0.05, 0.1) is 24.0 Å². The molecule has 132 valence electrons. The van der Waals surface area contributed by atoms with Crippen molar-refractivity contribution in [2.75, 3.05) is 12.5 Å². The van der Waals surface area contributed by atoms with Crippen LogP contribution in [0.1, 0.15) is 11.3 Å². The molecule has 0 aliphatic heterocycles. The van der Waals surface area contributed by atoms with Gasteiger partial charge in [-0.1, -0.05) is 53.5 Å². The third kappa shape index (κ3) is 4.31. The van der Waals surface area contributed by atoms with Crippen molar-refractivity contribution in [2.24, 2.45) is 5.10 Å². The number of methoxy groups -OCH3 is 1. The van der Waals surface area contributed by atoms with Crippen LogP contribution in [0.3, 0.4) is 0 Å². The highest BCUT2D eigenvalue weighted by molar-refractivity contribution is 6.36. The van der Waals surface area contributed by atoms with E-state index in [1.54, 1.807) is 18.3 Å². The molecule has 2 aromatic carbocycles. The molecule has 0 spiro atoms. The highest BCUT2D eigenvalue weighted by Gasteiger charge is 2.08. The van der Waals surface area contributed by atoms with E-state index in [9.17, 15) is 0 Å². The van der Waals surface area contributed by atoms with Gasteiger partial charge < -0.3 is 4.74 Å². The number of hydrogen-bond donors (Lipinski definition) is 1. The van der Waals surface area contributed by atoms with Crippen molar-refractivity contribution >= 4 is 35.4 Å². The van der Waals surface area contributed by atoms with Gasteiger partial charge in [-0.15, -0.1) is 0 Å². The Morgan fingerprint density at radius 3 is 2.58 bits per heavy atom. The number of rotatable bonds is 5. The van der Waals surface area contributed by atoms with Crippen LogP contribution in [0.4, 0.5) is 5.95 Å². The first-order valence-corrected chi connectivity index (χ1v) is 8.55. The normalized spacial score (nSPS) is 10.9. The fraction of sp³-hybridized carbons (Fsp3) is 0.105. The Morgan fingerprint density at radius 1 is 1.08 bits per heavy atom. The number of hydrogen-bond acceptors (Lipinski definition) is 5. The van der Waals surface area contributed by atoms with Crippen molar-refractivity contribution in [1.82, 2.24) is 9.97 Å². The molecule has 0 amide bonds. The lowest BCUT2D eigenvalue weighted by atomic mass is 10.1. The third-order valence-corrected chi connectivity index (χ3v) is 4.03. The van der Waals surface area contributed by atoms with Crippen LogP contribution in [0.15, 0.2) is 53.6 Å². The van der Waals surface area contributed by atoms with Crippen LogP contribution in [0.2, 0.25) is 10.0 Å². The minimum Gasteiger partial charge on any atom is -0.495 e. The third-order valence-electron chi connectivity index (χ3n) is 3.53. The van der Waals surface area contributed by atoms with E-state index < -0.39 is 0 Å². The van der Waals surface area contributed by atoms with Gasteiger partial charge in [-0.25, -0.2) is 15.4 Å². The summed E-state index contributed by atoms with van der Waals surface area (Å²) in [5.74, 6) is 0.893. The van der Waals surface area contributed by atoms with Gasteiger partial charge in [-0.2, -0.15) is 5.10 Å². The van der Waals surface area contributed by atoms with Crippen molar-refractivity contribution in [3.05, 3.63) is 69.8 Å². The number of benzene rings is 2. The molecule has 1 heterocycles. The fourth-order valence-corrected chi connectivity index (χ4v) is 3.01. The Bertz CT molecular complexity index is 946. The summed E-state index contributed by atoms with van der Waals surface area (Å²) in [5.41, 5.74) is 6.15. The van der Waals surface area contributed by atoms with Gasteiger partial charge >= 0.3 is 0 Å². The monoisotopic (exact) mass is 386 g/mol. The number of nitrogens with one attached hydrogen (secondary N) is 1. The van der Waals surface area contributed by atoms with E-state index in [-0.39, 0.29) is 0 Å². The van der Waals surface area contributed by atoms with Crippen molar-refractivity contribution in [2.45, 2.75) is 6.92 Å². The van der Waals surface area contributed by atoms with E-state index in [0.29, 0.717) is 27.3 Å². The highest BCUT2D eigenvalue weighted by Crippen LogP contribution is 2.31. The molecular weight excluding hydrogens is 371 g/mol. The molecular formula is C19H16Cl2N4O. The Balaban J connectivity index is 1.85. The molecule has 0 atom stereocenters. The van der Waals surface area contributed by atoms with Crippen LogP contribution in [-0.2, 0) is 0 Å². The number of anilines is 1. The minimum atomic E-state index is 0.396. The van der Waals surface area contributed by atoms with Gasteiger partial charge in [0.1, 0.15) is 5.75 Å². The lowest BCUT2D eigenvalue weighted by Gasteiger charge is -2.08. The van der Waals surface area contributed by atoms with Crippen LogP contribution in [0.25, 0.3) is 11.3 Å². The summed E-state index contributed by atoms with van der Waals surface area (Å²) in [6.07, 6.45) is 1.56. The van der Waals surface area contributed by atoms with Gasteiger partial charge in [-0.3, -0.25) is 0 Å². The largest absolute Gasteiger partial charge is 0.495 e. The SMILES string of the molecule is COc1c(Cl)cc(Cl)cc1C=NNc1nc(C)cc(-c2ccccc2)n1. The van der Waals surface area contributed by atoms with E-state index in [1.807, 2.05) is 43.3 Å². The predicted molar refractivity (Wildman–Crippen MR) is 106 cm³/mol. The molecule has 0 bridgehead atoms. The quantitative estimate of drug-likeness (QED) is 0.482. The Hall–Kier alpha value is -2.63. The first-order chi connectivity index (χ1) is 12.6. The van der Waals surface area contributed by atoms with Crippen molar-refractivity contribution in [1.29, 1.82) is 0 Å². The number of nitrogens with zero attached hydrogens (tertiary/aromatic N) is 3. The van der Waals surface area contributed by atoms with Crippen molar-refractivity contribution in [3.63, 3.8) is 0 Å². The smallest absolute Gasteiger partial charge is 0.244 e. The zero-order chi connectivity index (χ0) is 18.5. The summed E-state index contributed by atoms with van der Waals surface area (Å²) in [7, 11) is 1.54. The fourth-order valence-electron chi connectivity index (χ4n) is 2.43. The number of ether oxygens (including phenoxy) is 1. The maximum atomic E-state index is 6.12. The second kappa shape index (κ2) is 8.17. The zero-order valence-electron chi connectivity index (χ0n) is 14.2. The molecule has 0 saturated carbocycles. The first-order valence-electron chi connectivity index (χ1n) is 7.80. The number of hydrazone groups is 1.